The van der Waals surface area contributed by atoms with Crippen molar-refractivity contribution in [3.63, 3.8) is 0 Å². The van der Waals surface area contributed by atoms with Crippen molar-refractivity contribution in [1.82, 2.24) is 4.90 Å². The van der Waals surface area contributed by atoms with Crippen LogP contribution in [-0.2, 0) is 36.8 Å². The summed E-state index contributed by atoms with van der Waals surface area (Å²) in [6.45, 7) is 11.5. The molecule has 1 aliphatic heterocycles. The Kier molecular flexibility index (Phi) is 8.63. The third-order valence-electron chi connectivity index (χ3n) is 4.12. The summed E-state index contributed by atoms with van der Waals surface area (Å²) in [6.07, 6.45) is -1.18. The number of benzene rings is 1. The molecule has 2 rings (SSSR count). The first-order chi connectivity index (χ1) is 14.8. The van der Waals surface area contributed by atoms with E-state index < -0.39 is 23.4 Å². The van der Waals surface area contributed by atoms with E-state index in [0.717, 1.165) is 21.7 Å². The molecule has 9 nitrogen and oxygen atoms in total. The maximum absolute atomic E-state index is 12.4. The number of nitrogens with zero attached hydrogens (tertiary/aromatic N) is 1. The second kappa shape index (κ2) is 10.8. The molecule has 1 aliphatic rings. The SMILES string of the molecule is CC(C)(C)OC(=O)N(CCOCCOCc1ccc2c(c1)CC(=O)N2)C(=O)OC(C)(C)C. The highest BCUT2D eigenvalue weighted by Gasteiger charge is 2.30. The molecule has 178 valence electrons. The average molecular weight is 451 g/mol. The Hall–Kier alpha value is -2.65. The van der Waals surface area contributed by atoms with Gasteiger partial charge in [-0.1, -0.05) is 12.1 Å². The van der Waals surface area contributed by atoms with Crippen molar-refractivity contribution < 1.29 is 33.3 Å². The monoisotopic (exact) mass is 450 g/mol. The predicted molar refractivity (Wildman–Crippen MR) is 118 cm³/mol. The summed E-state index contributed by atoms with van der Waals surface area (Å²) in [6, 6.07) is 5.73. The van der Waals surface area contributed by atoms with E-state index in [1.807, 2.05) is 18.2 Å². The number of rotatable bonds is 8. The van der Waals surface area contributed by atoms with Crippen LogP contribution in [0, 0.1) is 0 Å². The largest absolute Gasteiger partial charge is 0.443 e. The van der Waals surface area contributed by atoms with E-state index >= 15 is 0 Å². The van der Waals surface area contributed by atoms with Crippen LogP contribution in [0.2, 0.25) is 0 Å². The number of ether oxygens (including phenoxy) is 4. The third-order valence-corrected chi connectivity index (χ3v) is 4.12. The summed E-state index contributed by atoms with van der Waals surface area (Å²) in [5, 5.41) is 2.80. The fourth-order valence-electron chi connectivity index (χ4n) is 2.83. The molecule has 1 aromatic rings. The fraction of sp³-hybridized carbons (Fsp3) is 0.609. The van der Waals surface area contributed by atoms with Crippen molar-refractivity contribution in [1.29, 1.82) is 0 Å². The van der Waals surface area contributed by atoms with E-state index in [4.69, 9.17) is 18.9 Å². The highest BCUT2D eigenvalue weighted by atomic mass is 16.6. The lowest BCUT2D eigenvalue weighted by atomic mass is 10.1. The molecular weight excluding hydrogens is 416 g/mol. The summed E-state index contributed by atoms with van der Waals surface area (Å²) in [5.74, 6) is -0.00160. The number of nitrogens with one attached hydrogen (secondary N) is 1. The Morgan fingerprint density at radius 3 is 2.12 bits per heavy atom. The number of hydrogen-bond acceptors (Lipinski definition) is 7. The van der Waals surface area contributed by atoms with Crippen molar-refractivity contribution in [2.45, 2.75) is 65.8 Å². The van der Waals surface area contributed by atoms with Gasteiger partial charge in [-0.05, 0) is 58.7 Å². The number of carbonyl (C=O) groups is 3. The van der Waals surface area contributed by atoms with Gasteiger partial charge in [-0.25, -0.2) is 14.5 Å². The Bertz CT molecular complexity index is 797. The normalized spacial score (nSPS) is 13.4. The lowest BCUT2D eigenvalue weighted by molar-refractivity contribution is -0.115. The number of imide groups is 1. The molecule has 0 radical (unpaired) electrons. The van der Waals surface area contributed by atoms with Crippen LogP contribution in [0.1, 0.15) is 52.7 Å². The summed E-state index contributed by atoms with van der Waals surface area (Å²) < 4.78 is 21.7. The van der Waals surface area contributed by atoms with Crippen LogP contribution in [0.15, 0.2) is 18.2 Å². The molecule has 1 N–H and O–H groups in total. The summed E-state index contributed by atoms with van der Waals surface area (Å²) in [4.78, 5) is 37.1. The van der Waals surface area contributed by atoms with Gasteiger partial charge in [0.2, 0.25) is 5.91 Å². The van der Waals surface area contributed by atoms with Crippen molar-refractivity contribution in [2.24, 2.45) is 0 Å². The molecule has 32 heavy (non-hydrogen) atoms. The van der Waals surface area contributed by atoms with Gasteiger partial charge in [-0.15, -0.1) is 0 Å². The molecule has 3 amide bonds. The van der Waals surface area contributed by atoms with Gasteiger partial charge in [-0.2, -0.15) is 0 Å². The first-order valence-corrected chi connectivity index (χ1v) is 10.6. The number of anilines is 1. The molecule has 0 saturated carbocycles. The second-order valence-electron chi connectivity index (χ2n) is 9.49. The minimum absolute atomic E-state index is 0.00160. The standard InChI is InChI=1S/C23H34N2O7/c1-22(2,3)31-20(27)25(21(28)32-23(4,5)6)9-10-29-11-12-30-15-16-7-8-18-17(13-16)14-19(26)24-18/h7-8,13H,9-12,14-15H2,1-6H3,(H,24,26). The number of fused-ring (bicyclic) bond motifs is 1. The number of amides is 3. The van der Waals surface area contributed by atoms with Crippen molar-refractivity contribution >= 4 is 23.8 Å². The van der Waals surface area contributed by atoms with Crippen molar-refractivity contribution in [2.75, 3.05) is 31.7 Å². The van der Waals surface area contributed by atoms with Gasteiger partial charge in [-0.3, -0.25) is 4.79 Å². The third kappa shape index (κ3) is 8.84. The van der Waals surface area contributed by atoms with Crippen LogP contribution in [0.25, 0.3) is 0 Å². The zero-order valence-electron chi connectivity index (χ0n) is 19.8. The smallest absolute Gasteiger partial charge is 0.419 e. The first-order valence-electron chi connectivity index (χ1n) is 10.6. The molecule has 1 heterocycles. The number of hydrogen-bond donors (Lipinski definition) is 1. The highest BCUT2D eigenvalue weighted by Crippen LogP contribution is 2.24. The summed E-state index contributed by atoms with van der Waals surface area (Å²) in [5.41, 5.74) is 1.31. The van der Waals surface area contributed by atoms with E-state index in [1.54, 1.807) is 41.5 Å². The van der Waals surface area contributed by atoms with Crippen molar-refractivity contribution in [3.05, 3.63) is 29.3 Å². The lowest BCUT2D eigenvalue weighted by Gasteiger charge is -2.28. The first kappa shape index (κ1) is 25.6. The van der Waals surface area contributed by atoms with Crippen LogP contribution in [0.3, 0.4) is 0 Å². The molecule has 0 unspecified atom stereocenters. The van der Waals surface area contributed by atoms with E-state index in [0.29, 0.717) is 26.2 Å². The van der Waals surface area contributed by atoms with Crippen LogP contribution < -0.4 is 5.32 Å². The quantitative estimate of drug-likeness (QED) is 0.599. The summed E-state index contributed by atoms with van der Waals surface area (Å²) >= 11 is 0. The molecule has 1 aromatic carbocycles. The minimum Gasteiger partial charge on any atom is -0.443 e. The Balaban J connectivity index is 1.73. The van der Waals surface area contributed by atoms with E-state index in [9.17, 15) is 14.4 Å². The zero-order chi connectivity index (χ0) is 23.9. The Morgan fingerprint density at radius 1 is 0.938 bits per heavy atom. The minimum atomic E-state index is -0.781. The molecule has 0 saturated heterocycles. The molecule has 0 atom stereocenters. The van der Waals surface area contributed by atoms with Gasteiger partial charge < -0.3 is 24.3 Å². The van der Waals surface area contributed by atoms with E-state index in [-0.39, 0.29) is 19.1 Å². The highest BCUT2D eigenvalue weighted by molar-refractivity contribution is 5.99. The van der Waals surface area contributed by atoms with E-state index in [2.05, 4.69) is 5.32 Å². The van der Waals surface area contributed by atoms with E-state index in [1.165, 1.54) is 0 Å². The van der Waals surface area contributed by atoms with Gasteiger partial charge in [0.1, 0.15) is 11.2 Å². The maximum atomic E-state index is 12.4. The van der Waals surface area contributed by atoms with Crippen LogP contribution in [-0.4, -0.2) is 60.6 Å². The van der Waals surface area contributed by atoms with Gasteiger partial charge >= 0.3 is 12.2 Å². The Labute approximate surface area is 189 Å². The summed E-state index contributed by atoms with van der Waals surface area (Å²) in [7, 11) is 0. The topological polar surface area (TPSA) is 103 Å². The average Bonchev–Trinajstić information content (AvgIpc) is 3.00. The Morgan fingerprint density at radius 2 is 1.53 bits per heavy atom. The molecular formula is C23H34N2O7. The fourth-order valence-corrected chi connectivity index (χ4v) is 2.83. The van der Waals surface area contributed by atoms with Crippen LogP contribution >= 0.6 is 0 Å². The van der Waals surface area contributed by atoms with Gasteiger partial charge in [0, 0.05) is 5.69 Å². The molecule has 0 aromatic heterocycles. The van der Waals surface area contributed by atoms with Crippen molar-refractivity contribution in [3.8, 4) is 0 Å². The molecule has 0 spiro atoms. The molecule has 0 aliphatic carbocycles. The zero-order valence-corrected chi connectivity index (χ0v) is 19.8. The lowest BCUT2D eigenvalue weighted by Crippen LogP contribution is -2.45. The van der Waals surface area contributed by atoms with Gasteiger partial charge in [0.15, 0.2) is 0 Å². The predicted octanol–water partition coefficient (Wildman–Crippen LogP) is 3.89. The second-order valence-corrected chi connectivity index (χ2v) is 9.49. The molecule has 0 bridgehead atoms. The maximum Gasteiger partial charge on any atom is 0.419 e. The molecule has 9 heteroatoms. The molecule has 0 fully saturated rings. The van der Waals surface area contributed by atoms with Gasteiger partial charge in [0.25, 0.3) is 0 Å². The van der Waals surface area contributed by atoms with Crippen LogP contribution in [0.5, 0.6) is 0 Å². The van der Waals surface area contributed by atoms with Crippen LogP contribution in [0.4, 0.5) is 15.3 Å². The van der Waals surface area contributed by atoms with Gasteiger partial charge in [0.05, 0.1) is 39.4 Å². The number of carbonyl (C=O) groups excluding carboxylic acids is 3.